The van der Waals surface area contributed by atoms with Crippen LogP contribution in [0.5, 0.6) is 5.75 Å². The third kappa shape index (κ3) is 3.37. The lowest BCUT2D eigenvalue weighted by molar-refractivity contribution is 0.413. The predicted molar refractivity (Wildman–Crippen MR) is 75.2 cm³/mol. The highest BCUT2D eigenvalue weighted by Gasteiger charge is 2.17. The molecule has 18 heavy (non-hydrogen) atoms. The van der Waals surface area contributed by atoms with Gasteiger partial charge in [0.25, 0.3) is 0 Å². The van der Waals surface area contributed by atoms with Crippen molar-refractivity contribution in [1.82, 2.24) is 4.98 Å². The molecule has 3 nitrogen and oxygen atoms in total. The molecule has 1 saturated carbocycles. The van der Waals surface area contributed by atoms with Crippen molar-refractivity contribution in [3.63, 3.8) is 0 Å². The van der Waals surface area contributed by atoms with Crippen LogP contribution < -0.4 is 10.1 Å². The third-order valence-corrected chi connectivity index (χ3v) is 3.84. The second-order valence-electron chi connectivity index (χ2n) is 5.48. The Morgan fingerprint density at radius 2 is 2.11 bits per heavy atom. The van der Waals surface area contributed by atoms with Crippen LogP contribution in [0.3, 0.4) is 0 Å². The van der Waals surface area contributed by atoms with Crippen molar-refractivity contribution >= 4 is 5.69 Å². The van der Waals surface area contributed by atoms with E-state index in [2.05, 4.69) is 23.3 Å². The highest BCUT2D eigenvalue weighted by atomic mass is 16.5. The van der Waals surface area contributed by atoms with E-state index in [1.54, 1.807) is 13.3 Å². The molecule has 1 fully saturated rings. The zero-order valence-corrected chi connectivity index (χ0v) is 11.7. The molecule has 1 heterocycles. The zero-order chi connectivity index (χ0) is 13.0. The van der Waals surface area contributed by atoms with Gasteiger partial charge in [0, 0.05) is 11.7 Å². The molecule has 0 aliphatic heterocycles. The molecule has 0 saturated heterocycles. The summed E-state index contributed by atoms with van der Waals surface area (Å²) >= 11 is 0. The van der Waals surface area contributed by atoms with Crippen molar-refractivity contribution in [3.05, 3.63) is 18.0 Å². The maximum atomic E-state index is 5.37. The van der Waals surface area contributed by atoms with Crippen molar-refractivity contribution in [1.29, 1.82) is 0 Å². The Morgan fingerprint density at radius 1 is 1.28 bits per heavy atom. The summed E-state index contributed by atoms with van der Waals surface area (Å²) in [6.07, 6.45) is 8.33. The molecule has 2 rings (SSSR count). The van der Waals surface area contributed by atoms with Crippen molar-refractivity contribution in [2.24, 2.45) is 5.92 Å². The number of ether oxygens (including phenoxy) is 1. The van der Waals surface area contributed by atoms with Gasteiger partial charge in [-0.25, -0.2) is 0 Å². The fourth-order valence-corrected chi connectivity index (χ4v) is 2.67. The number of anilines is 1. The molecule has 100 valence electrons. The summed E-state index contributed by atoms with van der Waals surface area (Å²) in [4.78, 5) is 4.27. The maximum absolute atomic E-state index is 5.37. The topological polar surface area (TPSA) is 34.1 Å². The molecular formula is C15H24N2O. The summed E-state index contributed by atoms with van der Waals surface area (Å²) < 4.78 is 5.37. The molecule has 1 aliphatic carbocycles. The smallest absolute Gasteiger partial charge is 0.160 e. The fourth-order valence-electron chi connectivity index (χ4n) is 2.67. The minimum atomic E-state index is 0.575. The quantitative estimate of drug-likeness (QED) is 0.827. The number of aromatic nitrogens is 1. The molecule has 1 aromatic rings. The Morgan fingerprint density at radius 3 is 2.89 bits per heavy atom. The zero-order valence-electron chi connectivity index (χ0n) is 11.7. The van der Waals surface area contributed by atoms with Crippen LogP contribution in [0.25, 0.3) is 0 Å². The Kier molecular flexibility index (Phi) is 4.45. The van der Waals surface area contributed by atoms with Gasteiger partial charge in [0.05, 0.1) is 19.0 Å². The monoisotopic (exact) mass is 248 g/mol. The molecule has 1 aliphatic rings. The van der Waals surface area contributed by atoms with Gasteiger partial charge < -0.3 is 10.1 Å². The number of rotatable bonds is 3. The lowest BCUT2D eigenvalue weighted by atomic mass is 10.0. The second-order valence-corrected chi connectivity index (χ2v) is 5.48. The summed E-state index contributed by atoms with van der Waals surface area (Å²) in [5.74, 6) is 1.72. The highest BCUT2D eigenvalue weighted by molar-refractivity contribution is 5.56. The summed E-state index contributed by atoms with van der Waals surface area (Å²) in [6, 6.07) is 2.65. The molecule has 1 N–H and O–H groups in total. The van der Waals surface area contributed by atoms with E-state index in [9.17, 15) is 0 Å². The van der Waals surface area contributed by atoms with Gasteiger partial charge in [-0.05, 0) is 38.2 Å². The van der Waals surface area contributed by atoms with Gasteiger partial charge >= 0.3 is 0 Å². The van der Waals surface area contributed by atoms with Crippen LogP contribution in [0.15, 0.2) is 12.3 Å². The van der Waals surface area contributed by atoms with E-state index in [4.69, 9.17) is 4.74 Å². The van der Waals surface area contributed by atoms with E-state index in [1.165, 1.54) is 32.1 Å². The van der Waals surface area contributed by atoms with Gasteiger partial charge in [0.1, 0.15) is 0 Å². The van der Waals surface area contributed by atoms with Crippen molar-refractivity contribution < 1.29 is 4.74 Å². The average molecular weight is 248 g/mol. The van der Waals surface area contributed by atoms with Crippen LogP contribution in [-0.4, -0.2) is 18.1 Å². The largest absolute Gasteiger partial charge is 0.493 e. The van der Waals surface area contributed by atoms with Crippen LogP contribution in [0.2, 0.25) is 0 Å². The second kappa shape index (κ2) is 6.07. The van der Waals surface area contributed by atoms with Gasteiger partial charge in [0.15, 0.2) is 5.75 Å². The maximum Gasteiger partial charge on any atom is 0.160 e. The SMILES string of the molecule is COc1cnc(C)cc1NC1CCCC(C)CC1. The standard InChI is InChI=1S/C15H24N2O/c1-11-5-4-6-13(8-7-11)17-14-9-12(2)16-10-15(14)18-3/h9-11,13H,4-8H2,1-3H3,(H,16,17). The summed E-state index contributed by atoms with van der Waals surface area (Å²) in [5.41, 5.74) is 2.12. The average Bonchev–Trinajstić information content (AvgIpc) is 2.55. The molecule has 2 unspecified atom stereocenters. The minimum absolute atomic E-state index is 0.575. The van der Waals surface area contributed by atoms with E-state index in [-0.39, 0.29) is 0 Å². The number of methoxy groups -OCH3 is 1. The van der Waals surface area contributed by atoms with E-state index in [1.807, 2.05) is 6.92 Å². The first kappa shape index (κ1) is 13.2. The van der Waals surface area contributed by atoms with Crippen LogP contribution in [0.4, 0.5) is 5.69 Å². The lowest BCUT2D eigenvalue weighted by Gasteiger charge is -2.19. The Balaban J connectivity index is 2.05. The van der Waals surface area contributed by atoms with Gasteiger partial charge in [0.2, 0.25) is 0 Å². The molecule has 3 heteroatoms. The number of hydrogen-bond donors (Lipinski definition) is 1. The number of pyridine rings is 1. The van der Waals surface area contributed by atoms with Crippen LogP contribution in [-0.2, 0) is 0 Å². The number of nitrogens with zero attached hydrogens (tertiary/aromatic N) is 1. The molecule has 0 aromatic carbocycles. The number of aryl methyl sites for hydroxylation is 1. The third-order valence-electron chi connectivity index (χ3n) is 3.84. The van der Waals surface area contributed by atoms with Crippen LogP contribution in [0, 0.1) is 12.8 Å². The van der Waals surface area contributed by atoms with Crippen molar-refractivity contribution in [3.8, 4) is 5.75 Å². The summed E-state index contributed by atoms with van der Waals surface area (Å²) in [5, 5.41) is 3.64. The van der Waals surface area contributed by atoms with Crippen molar-refractivity contribution in [2.45, 2.75) is 52.0 Å². The molecule has 0 spiro atoms. The first-order valence-corrected chi connectivity index (χ1v) is 6.96. The number of nitrogens with one attached hydrogen (secondary N) is 1. The molecule has 0 bridgehead atoms. The van der Waals surface area contributed by atoms with Gasteiger partial charge in [-0.2, -0.15) is 0 Å². The first-order chi connectivity index (χ1) is 8.69. The fraction of sp³-hybridized carbons (Fsp3) is 0.667. The van der Waals surface area contributed by atoms with Crippen LogP contribution >= 0.6 is 0 Å². The molecule has 2 atom stereocenters. The summed E-state index contributed by atoms with van der Waals surface area (Å²) in [6.45, 7) is 4.37. The molecule has 0 amide bonds. The highest BCUT2D eigenvalue weighted by Crippen LogP contribution is 2.29. The van der Waals surface area contributed by atoms with Crippen molar-refractivity contribution in [2.75, 3.05) is 12.4 Å². The number of hydrogen-bond acceptors (Lipinski definition) is 3. The van der Waals surface area contributed by atoms with Crippen LogP contribution in [0.1, 0.15) is 44.7 Å². The molecular weight excluding hydrogens is 224 g/mol. The Hall–Kier alpha value is -1.25. The summed E-state index contributed by atoms with van der Waals surface area (Å²) in [7, 11) is 1.70. The van der Waals surface area contributed by atoms with E-state index >= 15 is 0 Å². The van der Waals surface area contributed by atoms with E-state index in [0.29, 0.717) is 6.04 Å². The molecule has 1 aromatic heterocycles. The van der Waals surface area contributed by atoms with E-state index < -0.39 is 0 Å². The minimum Gasteiger partial charge on any atom is -0.493 e. The van der Waals surface area contributed by atoms with Gasteiger partial charge in [-0.3, -0.25) is 4.98 Å². The Labute approximate surface area is 110 Å². The first-order valence-electron chi connectivity index (χ1n) is 6.96. The Bertz CT molecular complexity index is 392. The predicted octanol–water partition coefficient (Wildman–Crippen LogP) is 3.78. The van der Waals surface area contributed by atoms with Gasteiger partial charge in [-0.15, -0.1) is 0 Å². The van der Waals surface area contributed by atoms with E-state index in [0.717, 1.165) is 23.0 Å². The normalized spacial score (nSPS) is 24.4. The lowest BCUT2D eigenvalue weighted by Crippen LogP contribution is -2.19. The molecule has 0 radical (unpaired) electrons. The van der Waals surface area contributed by atoms with Gasteiger partial charge in [-0.1, -0.05) is 19.8 Å².